The molecule has 0 aliphatic carbocycles. The highest BCUT2D eigenvalue weighted by molar-refractivity contribution is 7.80. The minimum Gasteiger partial charge on any atom is -0.481 e. The van der Waals surface area contributed by atoms with Gasteiger partial charge >= 0.3 is 11.9 Å². The molecule has 0 radical (unpaired) electrons. The zero-order valence-corrected chi connectivity index (χ0v) is 23.1. The van der Waals surface area contributed by atoms with Gasteiger partial charge in [-0.05, 0) is 37.3 Å². The third kappa shape index (κ3) is 10.6. The van der Waals surface area contributed by atoms with Crippen molar-refractivity contribution in [2.45, 2.75) is 56.3 Å². The number of aliphatic carboxylic acids is 2. The molecule has 1 aromatic carbocycles. The van der Waals surface area contributed by atoms with Crippen LogP contribution in [0.3, 0.4) is 0 Å². The number of thiol groups is 1. The zero-order valence-electron chi connectivity index (χ0n) is 22.2. The zero-order chi connectivity index (χ0) is 30.5. The molecule has 4 atom stereocenters. The minimum atomic E-state index is -1.34. The Kier molecular flexibility index (Phi) is 12.9. The first-order chi connectivity index (χ1) is 19.4. The van der Waals surface area contributed by atoms with Crippen LogP contribution in [0.1, 0.15) is 31.2 Å². The Morgan fingerprint density at radius 3 is 2.20 bits per heavy atom. The number of nitrogens with two attached hydrogens (primary N) is 3. The first-order valence-corrected chi connectivity index (χ1v) is 13.4. The molecule has 1 aromatic heterocycles. The van der Waals surface area contributed by atoms with Gasteiger partial charge in [0, 0.05) is 35.8 Å². The fraction of sp³-hybridized carbons (Fsp3) is 0.440. The van der Waals surface area contributed by atoms with Gasteiger partial charge in [0.1, 0.15) is 18.1 Å². The molecule has 0 saturated carbocycles. The average molecular weight is 593 g/mol. The van der Waals surface area contributed by atoms with E-state index in [0.717, 1.165) is 16.5 Å². The van der Waals surface area contributed by atoms with Crippen molar-refractivity contribution in [1.29, 1.82) is 0 Å². The van der Waals surface area contributed by atoms with Crippen LogP contribution in [0.2, 0.25) is 0 Å². The predicted octanol–water partition coefficient (Wildman–Crippen LogP) is -1.58. The topological polar surface area (TPSA) is 268 Å². The highest BCUT2D eigenvalue weighted by Crippen LogP contribution is 2.19. The van der Waals surface area contributed by atoms with Gasteiger partial charge in [-0.3, -0.25) is 24.2 Å². The number of aromatic amines is 1. The number of aromatic nitrogens is 1. The van der Waals surface area contributed by atoms with Crippen LogP contribution in [0.15, 0.2) is 35.5 Å². The second-order valence-electron chi connectivity index (χ2n) is 9.26. The lowest BCUT2D eigenvalue weighted by molar-refractivity contribution is -0.142. The SMILES string of the molecule is NC(N)=NCCCC(NC(=O)C(CS)NC(=O)C(CCC(=O)O)NC(=O)C(N)Cc1c[nH]c2ccccc12)C(=O)O. The maximum absolute atomic E-state index is 13.0. The van der Waals surface area contributed by atoms with Crippen molar-refractivity contribution in [3.63, 3.8) is 0 Å². The molecule has 0 aliphatic heterocycles. The van der Waals surface area contributed by atoms with E-state index < -0.39 is 60.2 Å². The highest BCUT2D eigenvalue weighted by Gasteiger charge is 2.30. The van der Waals surface area contributed by atoms with Gasteiger partial charge in [0.15, 0.2) is 5.96 Å². The van der Waals surface area contributed by atoms with E-state index in [9.17, 15) is 29.1 Å². The normalized spacial score (nSPS) is 13.8. The van der Waals surface area contributed by atoms with E-state index >= 15 is 0 Å². The third-order valence-corrected chi connectivity index (χ3v) is 6.47. The number of nitrogens with zero attached hydrogens (tertiary/aromatic N) is 1. The lowest BCUT2D eigenvalue weighted by atomic mass is 10.0. The second kappa shape index (κ2) is 16.1. The standard InChI is InChI=1S/C25H36N8O7S/c26-15(10-13-11-30-16-5-2-1-4-14(13)16)21(36)31-17(7-8-20(34)35)22(37)33-19(12-41)23(38)32-18(24(39)40)6-3-9-29-25(27)28/h1-2,4-5,11,15,17-19,30,41H,3,6-10,12,26H2,(H,31,36)(H,32,38)(H,33,37)(H,34,35)(H,39,40)(H4,27,28,29). The van der Waals surface area contributed by atoms with Crippen molar-refractivity contribution in [2.75, 3.05) is 12.3 Å². The molecule has 0 saturated heterocycles. The maximum atomic E-state index is 13.0. The minimum absolute atomic E-state index is 0.0106. The van der Waals surface area contributed by atoms with Crippen molar-refractivity contribution in [1.82, 2.24) is 20.9 Å². The Balaban J connectivity index is 2.05. The molecule has 1 heterocycles. The molecule has 0 aliphatic rings. The summed E-state index contributed by atoms with van der Waals surface area (Å²) in [6, 6.07) is 2.47. The average Bonchev–Trinajstić information content (AvgIpc) is 3.33. The number of carbonyl (C=O) groups is 5. The van der Waals surface area contributed by atoms with E-state index in [1.54, 1.807) is 6.20 Å². The summed E-state index contributed by atoms with van der Waals surface area (Å²) in [5.41, 5.74) is 18.2. The van der Waals surface area contributed by atoms with Crippen molar-refractivity contribution < 1.29 is 34.2 Å². The number of rotatable bonds is 17. The number of hydrogen-bond donors (Lipinski definition) is 10. The lowest BCUT2D eigenvalue weighted by Gasteiger charge is -2.24. The number of guanidine groups is 1. The number of para-hydroxylation sites is 1. The van der Waals surface area contributed by atoms with Crippen LogP contribution < -0.4 is 33.2 Å². The van der Waals surface area contributed by atoms with Crippen LogP contribution in [-0.4, -0.2) is 87.3 Å². The fourth-order valence-corrected chi connectivity index (χ4v) is 4.20. The highest BCUT2D eigenvalue weighted by atomic mass is 32.1. The lowest BCUT2D eigenvalue weighted by Crippen LogP contribution is -2.57. The molecule has 0 bridgehead atoms. The van der Waals surface area contributed by atoms with Crippen molar-refractivity contribution in [3.8, 4) is 0 Å². The van der Waals surface area contributed by atoms with Gasteiger partial charge in [-0.2, -0.15) is 12.6 Å². The molecule has 2 rings (SSSR count). The van der Waals surface area contributed by atoms with E-state index in [0.29, 0.717) is 0 Å². The molecule has 41 heavy (non-hydrogen) atoms. The van der Waals surface area contributed by atoms with E-state index in [-0.39, 0.29) is 43.9 Å². The molecule has 0 fully saturated rings. The number of aliphatic imine (C=N–C) groups is 1. The van der Waals surface area contributed by atoms with Crippen LogP contribution >= 0.6 is 12.6 Å². The summed E-state index contributed by atoms with van der Waals surface area (Å²) in [6.45, 7) is 0.155. The molecular formula is C25H36N8O7S. The number of fused-ring (bicyclic) bond motifs is 1. The fourth-order valence-electron chi connectivity index (χ4n) is 3.95. The number of benzene rings is 1. The van der Waals surface area contributed by atoms with Gasteiger partial charge in [0.2, 0.25) is 17.7 Å². The van der Waals surface area contributed by atoms with Crippen LogP contribution in [0.25, 0.3) is 10.9 Å². The molecular weight excluding hydrogens is 556 g/mol. The quantitative estimate of drug-likeness (QED) is 0.0436. The van der Waals surface area contributed by atoms with Gasteiger partial charge in [0.25, 0.3) is 0 Å². The Bertz CT molecular complexity index is 1260. The summed E-state index contributed by atoms with van der Waals surface area (Å²) < 4.78 is 0. The van der Waals surface area contributed by atoms with Crippen molar-refractivity contribution in [2.24, 2.45) is 22.2 Å². The largest absolute Gasteiger partial charge is 0.481 e. The number of hydrogen-bond acceptors (Lipinski definition) is 8. The molecule has 3 amide bonds. The van der Waals surface area contributed by atoms with Gasteiger partial charge in [-0.15, -0.1) is 0 Å². The van der Waals surface area contributed by atoms with Crippen LogP contribution in [0.4, 0.5) is 0 Å². The van der Waals surface area contributed by atoms with Crippen molar-refractivity contribution >= 4 is 59.2 Å². The smallest absolute Gasteiger partial charge is 0.326 e. The second-order valence-corrected chi connectivity index (χ2v) is 9.62. The summed E-state index contributed by atoms with van der Waals surface area (Å²) in [5.74, 6) is -5.24. The Labute approximate surface area is 241 Å². The maximum Gasteiger partial charge on any atom is 0.326 e. The Hall–Kier alpha value is -4.31. The molecule has 16 heteroatoms. The van der Waals surface area contributed by atoms with E-state index in [1.165, 1.54) is 0 Å². The number of amides is 3. The molecule has 0 spiro atoms. The van der Waals surface area contributed by atoms with Gasteiger partial charge in [-0.1, -0.05) is 18.2 Å². The number of carboxylic acids is 2. The van der Waals surface area contributed by atoms with Crippen LogP contribution in [0, 0.1) is 0 Å². The molecule has 224 valence electrons. The predicted molar refractivity (Wildman–Crippen MR) is 154 cm³/mol. The van der Waals surface area contributed by atoms with Crippen molar-refractivity contribution in [3.05, 3.63) is 36.0 Å². The van der Waals surface area contributed by atoms with E-state index in [2.05, 4.69) is 38.6 Å². The summed E-state index contributed by atoms with van der Waals surface area (Å²) in [6.07, 6.45) is 1.41. The number of carbonyl (C=O) groups excluding carboxylic acids is 3. The first kappa shape index (κ1) is 32.9. The molecule has 2 aromatic rings. The molecule has 4 unspecified atom stereocenters. The van der Waals surface area contributed by atoms with E-state index in [4.69, 9.17) is 22.3 Å². The van der Waals surface area contributed by atoms with Crippen LogP contribution in [-0.2, 0) is 30.4 Å². The third-order valence-electron chi connectivity index (χ3n) is 6.11. The Morgan fingerprint density at radius 1 is 0.927 bits per heavy atom. The molecule has 15 nitrogen and oxygen atoms in total. The van der Waals surface area contributed by atoms with Gasteiger partial charge in [-0.25, -0.2) is 4.79 Å². The van der Waals surface area contributed by atoms with Gasteiger partial charge < -0.3 is 48.3 Å². The Morgan fingerprint density at radius 2 is 1.56 bits per heavy atom. The molecule has 12 N–H and O–H groups in total. The number of carboxylic acid groups (broad SMARTS) is 2. The van der Waals surface area contributed by atoms with Crippen LogP contribution in [0.5, 0.6) is 0 Å². The first-order valence-electron chi connectivity index (χ1n) is 12.8. The summed E-state index contributed by atoms with van der Waals surface area (Å²) in [5, 5.41) is 26.7. The number of nitrogens with one attached hydrogen (secondary N) is 4. The summed E-state index contributed by atoms with van der Waals surface area (Å²) in [4.78, 5) is 68.3. The summed E-state index contributed by atoms with van der Waals surface area (Å²) in [7, 11) is 0. The monoisotopic (exact) mass is 592 g/mol. The number of H-pyrrole nitrogens is 1. The van der Waals surface area contributed by atoms with Gasteiger partial charge in [0.05, 0.1) is 6.04 Å². The summed E-state index contributed by atoms with van der Waals surface area (Å²) >= 11 is 4.07. The van der Waals surface area contributed by atoms with E-state index in [1.807, 2.05) is 24.3 Å².